The highest BCUT2D eigenvalue weighted by molar-refractivity contribution is 7.89. The van der Waals surface area contributed by atoms with Crippen molar-refractivity contribution in [2.24, 2.45) is 11.7 Å². The first-order valence-electron chi connectivity index (χ1n) is 6.38. The van der Waals surface area contributed by atoms with E-state index >= 15 is 0 Å². The molecule has 1 aliphatic heterocycles. The standard InChI is InChI=1S/C11H22N4O2S/c1-15-6-4-11(5-7-15,10(12)13)14-18(16,17)8-9-2-3-9/h9,14H,2-8H2,1H3,(H3,12,13). The van der Waals surface area contributed by atoms with Crippen LogP contribution in [-0.2, 0) is 10.0 Å². The lowest BCUT2D eigenvalue weighted by atomic mass is 9.88. The van der Waals surface area contributed by atoms with Crippen LogP contribution in [0.2, 0.25) is 0 Å². The first kappa shape index (κ1) is 13.8. The molecule has 1 aliphatic carbocycles. The summed E-state index contributed by atoms with van der Waals surface area (Å²) in [5.41, 5.74) is 4.78. The van der Waals surface area contributed by atoms with Crippen molar-refractivity contribution in [2.75, 3.05) is 25.9 Å². The maximum atomic E-state index is 12.1. The van der Waals surface area contributed by atoms with E-state index in [0.717, 1.165) is 25.9 Å². The molecule has 0 spiro atoms. The smallest absolute Gasteiger partial charge is 0.212 e. The minimum absolute atomic E-state index is 0.0602. The van der Waals surface area contributed by atoms with Gasteiger partial charge >= 0.3 is 0 Å². The largest absolute Gasteiger partial charge is 0.386 e. The molecule has 0 unspecified atom stereocenters. The van der Waals surface area contributed by atoms with Gasteiger partial charge in [-0.3, -0.25) is 5.41 Å². The van der Waals surface area contributed by atoms with E-state index in [2.05, 4.69) is 9.62 Å². The highest BCUT2D eigenvalue weighted by Gasteiger charge is 2.41. The Balaban J connectivity index is 2.08. The van der Waals surface area contributed by atoms with E-state index < -0.39 is 15.6 Å². The van der Waals surface area contributed by atoms with Crippen molar-refractivity contribution in [2.45, 2.75) is 31.2 Å². The molecule has 7 heteroatoms. The van der Waals surface area contributed by atoms with Gasteiger partial charge in [0.2, 0.25) is 10.0 Å². The maximum Gasteiger partial charge on any atom is 0.212 e. The Morgan fingerprint density at radius 2 is 2.00 bits per heavy atom. The molecule has 4 N–H and O–H groups in total. The molecule has 2 aliphatic rings. The fourth-order valence-corrected chi connectivity index (χ4v) is 4.31. The summed E-state index contributed by atoms with van der Waals surface area (Å²) in [6.45, 7) is 1.51. The molecule has 0 aromatic rings. The summed E-state index contributed by atoms with van der Waals surface area (Å²) >= 11 is 0. The lowest BCUT2D eigenvalue weighted by Crippen LogP contribution is -2.62. The van der Waals surface area contributed by atoms with Crippen molar-refractivity contribution in [3.05, 3.63) is 0 Å². The summed E-state index contributed by atoms with van der Waals surface area (Å²) in [6.07, 6.45) is 3.14. The summed E-state index contributed by atoms with van der Waals surface area (Å²) in [6, 6.07) is 0. The number of amidine groups is 1. The molecule has 0 amide bonds. The normalized spacial score (nSPS) is 24.9. The van der Waals surface area contributed by atoms with Crippen molar-refractivity contribution in [1.29, 1.82) is 5.41 Å². The number of nitrogens with zero attached hydrogens (tertiary/aromatic N) is 1. The number of rotatable bonds is 5. The van der Waals surface area contributed by atoms with Gasteiger partial charge < -0.3 is 10.6 Å². The van der Waals surface area contributed by atoms with Crippen molar-refractivity contribution >= 4 is 15.9 Å². The Morgan fingerprint density at radius 3 is 2.44 bits per heavy atom. The van der Waals surface area contributed by atoms with Crippen LogP contribution in [0.5, 0.6) is 0 Å². The second-order valence-electron chi connectivity index (χ2n) is 5.63. The summed E-state index contributed by atoms with van der Waals surface area (Å²) in [7, 11) is -1.34. The van der Waals surface area contributed by atoms with Crippen molar-refractivity contribution in [3.63, 3.8) is 0 Å². The number of nitrogens with two attached hydrogens (primary N) is 1. The minimum atomic E-state index is -3.33. The van der Waals surface area contributed by atoms with E-state index in [1.807, 2.05) is 7.05 Å². The molecule has 0 aromatic heterocycles. The lowest BCUT2D eigenvalue weighted by Gasteiger charge is -2.40. The molecule has 18 heavy (non-hydrogen) atoms. The average Bonchev–Trinajstić information content (AvgIpc) is 3.04. The van der Waals surface area contributed by atoms with Crippen LogP contribution in [0.15, 0.2) is 0 Å². The quantitative estimate of drug-likeness (QED) is 0.474. The third-order valence-corrected chi connectivity index (χ3v) is 5.47. The number of hydrogen-bond acceptors (Lipinski definition) is 4. The number of likely N-dealkylation sites (tertiary alicyclic amines) is 1. The Hall–Kier alpha value is -0.660. The van der Waals surface area contributed by atoms with E-state index in [4.69, 9.17) is 11.1 Å². The van der Waals surface area contributed by atoms with Crippen molar-refractivity contribution in [1.82, 2.24) is 9.62 Å². The molecule has 1 saturated carbocycles. The predicted molar refractivity (Wildman–Crippen MR) is 71.0 cm³/mol. The van der Waals surface area contributed by atoms with Crippen LogP contribution in [0.4, 0.5) is 0 Å². The summed E-state index contributed by atoms with van der Waals surface area (Å²) in [5, 5.41) is 7.71. The Morgan fingerprint density at radius 1 is 1.44 bits per heavy atom. The van der Waals surface area contributed by atoms with Gasteiger partial charge in [-0.05, 0) is 38.6 Å². The summed E-state index contributed by atoms with van der Waals surface area (Å²) < 4.78 is 26.8. The molecule has 0 radical (unpaired) electrons. The Bertz CT molecular complexity index is 422. The van der Waals surface area contributed by atoms with Crippen LogP contribution in [0.25, 0.3) is 0 Å². The molecule has 0 aromatic carbocycles. The minimum Gasteiger partial charge on any atom is -0.386 e. The maximum absolute atomic E-state index is 12.1. The third kappa shape index (κ3) is 3.21. The highest BCUT2D eigenvalue weighted by Crippen LogP contribution is 2.31. The van der Waals surface area contributed by atoms with Gasteiger partial charge in [0, 0.05) is 13.1 Å². The molecule has 2 fully saturated rings. The van der Waals surface area contributed by atoms with Crippen LogP contribution in [0, 0.1) is 11.3 Å². The molecule has 1 heterocycles. The monoisotopic (exact) mass is 274 g/mol. The SMILES string of the molecule is CN1CCC(NS(=O)(=O)CC2CC2)(C(=N)N)CC1. The zero-order valence-electron chi connectivity index (χ0n) is 10.8. The van der Waals surface area contributed by atoms with Gasteiger partial charge in [-0.2, -0.15) is 0 Å². The number of nitrogens with one attached hydrogen (secondary N) is 2. The molecule has 1 saturated heterocycles. The van der Waals surface area contributed by atoms with Gasteiger partial charge in [0.1, 0.15) is 5.84 Å². The first-order valence-corrected chi connectivity index (χ1v) is 8.03. The Labute approximate surface area is 108 Å². The van der Waals surface area contributed by atoms with Crippen LogP contribution >= 0.6 is 0 Å². The van der Waals surface area contributed by atoms with Crippen LogP contribution in [-0.4, -0.2) is 50.6 Å². The topological polar surface area (TPSA) is 99.3 Å². The average molecular weight is 274 g/mol. The van der Waals surface area contributed by atoms with Gasteiger partial charge in [0.25, 0.3) is 0 Å². The molecule has 6 nitrogen and oxygen atoms in total. The zero-order valence-corrected chi connectivity index (χ0v) is 11.6. The second-order valence-corrected chi connectivity index (χ2v) is 7.39. The van der Waals surface area contributed by atoms with Gasteiger partial charge in [0.05, 0.1) is 11.3 Å². The van der Waals surface area contributed by atoms with Crippen LogP contribution in [0.1, 0.15) is 25.7 Å². The van der Waals surface area contributed by atoms with E-state index in [1.54, 1.807) is 0 Å². The number of piperidine rings is 1. The van der Waals surface area contributed by atoms with E-state index in [9.17, 15) is 8.42 Å². The highest BCUT2D eigenvalue weighted by atomic mass is 32.2. The van der Waals surface area contributed by atoms with E-state index in [0.29, 0.717) is 18.8 Å². The molecular weight excluding hydrogens is 252 g/mol. The molecule has 2 rings (SSSR count). The van der Waals surface area contributed by atoms with Gasteiger partial charge in [-0.15, -0.1) is 0 Å². The summed E-state index contributed by atoms with van der Waals surface area (Å²) in [4.78, 5) is 2.12. The predicted octanol–water partition coefficient (Wildman–Crippen LogP) is -0.284. The lowest BCUT2D eigenvalue weighted by molar-refractivity contribution is 0.218. The number of hydrogen-bond donors (Lipinski definition) is 3. The van der Waals surface area contributed by atoms with Gasteiger partial charge in [-0.25, -0.2) is 13.1 Å². The molecule has 104 valence electrons. The van der Waals surface area contributed by atoms with Crippen LogP contribution < -0.4 is 10.5 Å². The van der Waals surface area contributed by atoms with Crippen LogP contribution in [0.3, 0.4) is 0 Å². The molecule has 0 bridgehead atoms. The molecule has 0 atom stereocenters. The van der Waals surface area contributed by atoms with Crippen molar-refractivity contribution < 1.29 is 8.42 Å². The zero-order chi connectivity index (χ0) is 13.4. The van der Waals surface area contributed by atoms with Gasteiger partial charge in [0.15, 0.2) is 0 Å². The van der Waals surface area contributed by atoms with Gasteiger partial charge in [-0.1, -0.05) is 0 Å². The third-order valence-electron chi connectivity index (χ3n) is 3.86. The fraction of sp³-hybridized carbons (Fsp3) is 0.909. The first-order chi connectivity index (χ1) is 8.33. The fourth-order valence-electron chi connectivity index (χ4n) is 2.36. The second kappa shape index (κ2) is 4.79. The molecular formula is C11H22N4O2S. The van der Waals surface area contributed by atoms with E-state index in [-0.39, 0.29) is 11.6 Å². The Kier molecular flexibility index (Phi) is 3.66. The number of sulfonamides is 1. The van der Waals surface area contributed by atoms with E-state index in [1.165, 1.54) is 0 Å². The van der Waals surface area contributed by atoms with Crippen molar-refractivity contribution in [3.8, 4) is 0 Å². The summed E-state index contributed by atoms with van der Waals surface area (Å²) in [5.74, 6) is 0.422.